The quantitative estimate of drug-likeness (QED) is 0.329. The molecule has 1 rings (SSSR count). The summed E-state index contributed by atoms with van der Waals surface area (Å²) in [6.07, 6.45) is 6.77. The van der Waals surface area contributed by atoms with Crippen LogP contribution in [0.2, 0.25) is 0 Å². The maximum atomic E-state index is 12.1. The number of amides is 1. The second-order valence-corrected chi connectivity index (χ2v) is 6.56. The number of Topliss-reactive ketones (excluding diaryl/α,β-unsaturated/α-hetero) is 1. The normalized spacial score (nSPS) is 22.6. The largest absolute Gasteiger partial charge is 0.469 e. The number of aliphatic hydroxyl groups is 1. The van der Waals surface area contributed by atoms with Crippen LogP contribution in [0.5, 0.6) is 0 Å². The molecule has 1 saturated carbocycles. The summed E-state index contributed by atoms with van der Waals surface area (Å²) in [4.78, 5) is 34.7. The number of allylic oxidation sites excluding steroid dienone is 2. The van der Waals surface area contributed by atoms with E-state index >= 15 is 0 Å². The number of ether oxygens (including phenoxy) is 2. The van der Waals surface area contributed by atoms with Gasteiger partial charge in [-0.25, -0.2) is 4.79 Å². The molecule has 0 unspecified atom stereocenters. The number of ketones is 1. The highest BCUT2D eigenvalue weighted by Gasteiger charge is 2.41. The van der Waals surface area contributed by atoms with Crippen molar-refractivity contribution in [2.75, 3.05) is 20.3 Å². The van der Waals surface area contributed by atoms with Crippen molar-refractivity contribution < 1.29 is 29.0 Å². The zero-order valence-corrected chi connectivity index (χ0v) is 15.7. The fraction of sp³-hybridized carbons (Fsp3) is 0.737. The van der Waals surface area contributed by atoms with Crippen LogP contribution in [0.4, 0.5) is 4.79 Å². The Hall–Kier alpha value is -1.89. The average molecular weight is 369 g/mol. The van der Waals surface area contributed by atoms with Crippen molar-refractivity contribution in [3.05, 3.63) is 12.2 Å². The van der Waals surface area contributed by atoms with Gasteiger partial charge in [-0.1, -0.05) is 25.5 Å². The first-order valence-corrected chi connectivity index (χ1v) is 9.32. The number of esters is 1. The van der Waals surface area contributed by atoms with Crippen molar-refractivity contribution >= 4 is 17.8 Å². The van der Waals surface area contributed by atoms with Crippen LogP contribution < -0.4 is 5.32 Å². The molecule has 0 aromatic heterocycles. The molecule has 1 amide bonds. The van der Waals surface area contributed by atoms with Gasteiger partial charge in [0.1, 0.15) is 5.78 Å². The summed E-state index contributed by atoms with van der Waals surface area (Å²) in [5.74, 6) is -0.955. The van der Waals surface area contributed by atoms with E-state index in [9.17, 15) is 19.5 Å². The number of aliphatic hydroxyl groups excluding tert-OH is 1. The van der Waals surface area contributed by atoms with Gasteiger partial charge in [-0.15, -0.1) is 0 Å². The molecule has 1 aliphatic rings. The van der Waals surface area contributed by atoms with Gasteiger partial charge in [-0.05, 0) is 25.7 Å². The predicted octanol–water partition coefficient (Wildman–Crippen LogP) is 2.37. The highest BCUT2D eigenvalue weighted by molar-refractivity contribution is 5.84. The molecule has 0 saturated heterocycles. The third-order valence-electron chi connectivity index (χ3n) is 4.58. The Balaban J connectivity index is 2.38. The van der Waals surface area contributed by atoms with Gasteiger partial charge in [0.15, 0.2) is 0 Å². The van der Waals surface area contributed by atoms with E-state index in [4.69, 9.17) is 4.74 Å². The monoisotopic (exact) mass is 369 g/mol. The molecule has 1 aliphatic carbocycles. The first-order valence-electron chi connectivity index (χ1n) is 9.32. The van der Waals surface area contributed by atoms with Crippen molar-refractivity contribution in [3.63, 3.8) is 0 Å². The SMILES string of the molecule is CCCCNC(=O)OC[C@H]1[C@H](O)CC(=O)[C@@H]1C/C=C\CCCC(=O)OC. The van der Waals surface area contributed by atoms with Gasteiger partial charge >= 0.3 is 12.1 Å². The van der Waals surface area contributed by atoms with Crippen LogP contribution in [0.15, 0.2) is 12.2 Å². The molecule has 3 atom stereocenters. The predicted molar refractivity (Wildman–Crippen MR) is 96.5 cm³/mol. The zero-order chi connectivity index (χ0) is 19.4. The number of rotatable bonds is 11. The topological polar surface area (TPSA) is 102 Å². The van der Waals surface area contributed by atoms with E-state index < -0.39 is 12.2 Å². The minimum Gasteiger partial charge on any atom is -0.469 e. The molecular formula is C19H31NO6. The number of hydrogen-bond donors (Lipinski definition) is 2. The summed E-state index contributed by atoms with van der Waals surface area (Å²) in [5.41, 5.74) is 0. The average Bonchev–Trinajstić information content (AvgIpc) is 2.89. The zero-order valence-electron chi connectivity index (χ0n) is 15.7. The van der Waals surface area contributed by atoms with E-state index in [1.165, 1.54) is 7.11 Å². The Morgan fingerprint density at radius 1 is 1.31 bits per heavy atom. The summed E-state index contributed by atoms with van der Waals surface area (Å²) < 4.78 is 9.74. The third-order valence-corrected chi connectivity index (χ3v) is 4.58. The standard InChI is InChI=1S/C19H31NO6/c1-3-4-11-20-19(24)26-13-15-14(16(21)12-17(15)22)9-7-5-6-8-10-18(23)25-2/h5,7,14-15,17,22H,3-4,6,8-13H2,1-2H3,(H,20,24)/b7-5-/t14-,15-,17-/m1/s1. The van der Waals surface area contributed by atoms with E-state index in [1.807, 2.05) is 19.1 Å². The van der Waals surface area contributed by atoms with Gasteiger partial charge in [-0.2, -0.15) is 0 Å². The second-order valence-electron chi connectivity index (χ2n) is 6.56. The Kier molecular flexibility index (Phi) is 10.6. The summed E-state index contributed by atoms with van der Waals surface area (Å²) in [5, 5.41) is 12.7. The Labute approximate surface area is 155 Å². The summed E-state index contributed by atoms with van der Waals surface area (Å²) in [6.45, 7) is 2.62. The molecule has 1 fully saturated rings. The molecule has 0 aromatic carbocycles. The summed E-state index contributed by atoms with van der Waals surface area (Å²) in [6, 6.07) is 0. The van der Waals surface area contributed by atoms with Crippen molar-refractivity contribution in [2.24, 2.45) is 11.8 Å². The molecule has 2 N–H and O–H groups in total. The minimum absolute atomic E-state index is 0.00305. The van der Waals surface area contributed by atoms with Crippen molar-refractivity contribution in [2.45, 2.75) is 58.0 Å². The first-order chi connectivity index (χ1) is 12.5. The lowest BCUT2D eigenvalue weighted by Gasteiger charge is -2.19. The molecular weight excluding hydrogens is 338 g/mol. The first kappa shape index (κ1) is 22.2. The van der Waals surface area contributed by atoms with E-state index in [-0.39, 0.29) is 36.6 Å². The Bertz CT molecular complexity index is 490. The van der Waals surface area contributed by atoms with Crippen LogP contribution >= 0.6 is 0 Å². The maximum Gasteiger partial charge on any atom is 0.407 e. The van der Waals surface area contributed by atoms with Crippen LogP contribution in [0, 0.1) is 11.8 Å². The molecule has 7 heteroatoms. The highest BCUT2D eigenvalue weighted by Crippen LogP contribution is 2.32. The lowest BCUT2D eigenvalue weighted by Crippen LogP contribution is -2.31. The van der Waals surface area contributed by atoms with Crippen LogP contribution in [0.25, 0.3) is 0 Å². The lowest BCUT2D eigenvalue weighted by atomic mass is 9.91. The molecule has 0 aromatic rings. The fourth-order valence-electron chi connectivity index (χ4n) is 2.97. The van der Waals surface area contributed by atoms with E-state index in [2.05, 4.69) is 10.1 Å². The number of methoxy groups -OCH3 is 1. The van der Waals surface area contributed by atoms with Gasteiger partial charge in [0.25, 0.3) is 0 Å². The number of hydrogen-bond acceptors (Lipinski definition) is 6. The van der Waals surface area contributed by atoms with Crippen molar-refractivity contribution in [1.29, 1.82) is 0 Å². The van der Waals surface area contributed by atoms with Gasteiger partial charge in [0.05, 0.1) is 19.8 Å². The Morgan fingerprint density at radius 2 is 2.08 bits per heavy atom. The van der Waals surface area contributed by atoms with Crippen LogP contribution in [0.1, 0.15) is 51.9 Å². The number of alkyl carbamates (subject to hydrolysis) is 1. The smallest absolute Gasteiger partial charge is 0.407 e. The molecule has 0 spiro atoms. The molecule has 148 valence electrons. The van der Waals surface area contributed by atoms with Crippen LogP contribution in [0.3, 0.4) is 0 Å². The summed E-state index contributed by atoms with van der Waals surface area (Å²) >= 11 is 0. The molecule has 0 heterocycles. The van der Waals surface area contributed by atoms with Crippen molar-refractivity contribution in [1.82, 2.24) is 5.32 Å². The fourth-order valence-corrected chi connectivity index (χ4v) is 2.97. The van der Waals surface area contributed by atoms with Crippen molar-refractivity contribution in [3.8, 4) is 0 Å². The Morgan fingerprint density at radius 3 is 2.77 bits per heavy atom. The van der Waals surface area contributed by atoms with Gasteiger partial charge < -0.3 is 19.9 Å². The van der Waals surface area contributed by atoms with E-state index in [1.54, 1.807) is 0 Å². The maximum absolute atomic E-state index is 12.1. The summed E-state index contributed by atoms with van der Waals surface area (Å²) in [7, 11) is 1.36. The van der Waals surface area contributed by atoms with Crippen LogP contribution in [-0.2, 0) is 19.1 Å². The van der Waals surface area contributed by atoms with Gasteiger partial charge in [0, 0.05) is 31.2 Å². The minimum atomic E-state index is -0.774. The second kappa shape index (κ2) is 12.5. The van der Waals surface area contributed by atoms with Gasteiger partial charge in [-0.3, -0.25) is 9.59 Å². The van der Waals surface area contributed by atoms with Crippen LogP contribution in [-0.4, -0.2) is 49.3 Å². The number of carbonyl (C=O) groups excluding carboxylic acids is 3. The third kappa shape index (κ3) is 7.99. The number of nitrogens with one attached hydrogen (secondary N) is 1. The number of carbonyl (C=O) groups is 3. The molecule has 26 heavy (non-hydrogen) atoms. The molecule has 0 radical (unpaired) electrons. The lowest BCUT2D eigenvalue weighted by molar-refractivity contribution is -0.140. The van der Waals surface area contributed by atoms with E-state index in [0.29, 0.717) is 25.8 Å². The molecule has 0 bridgehead atoms. The molecule has 0 aliphatic heterocycles. The number of unbranched alkanes of at least 4 members (excludes halogenated alkanes) is 2. The van der Waals surface area contributed by atoms with E-state index in [0.717, 1.165) is 19.3 Å². The molecule has 7 nitrogen and oxygen atoms in total. The highest BCUT2D eigenvalue weighted by atomic mass is 16.5. The van der Waals surface area contributed by atoms with Gasteiger partial charge in [0.2, 0.25) is 0 Å².